The third kappa shape index (κ3) is 3.05. The first kappa shape index (κ1) is 10.6. The summed E-state index contributed by atoms with van der Waals surface area (Å²) in [4.78, 5) is 1.30. The molecule has 14 heavy (non-hydrogen) atoms. The lowest BCUT2D eigenvalue weighted by atomic mass is 10.1. The van der Waals surface area contributed by atoms with Crippen LogP contribution in [0.25, 0.3) is 0 Å². The zero-order valence-corrected chi connectivity index (χ0v) is 10.4. The summed E-state index contributed by atoms with van der Waals surface area (Å²) in [6.45, 7) is 2.96. The van der Waals surface area contributed by atoms with E-state index in [-0.39, 0.29) is 0 Å². The van der Waals surface area contributed by atoms with Crippen molar-refractivity contribution in [3.63, 3.8) is 0 Å². The van der Waals surface area contributed by atoms with Crippen molar-refractivity contribution in [3.05, 3.63) is 20.8 Å². The van der Waals surface area contributed by atoms with Gasteiger partial charge in [-0.15, -0.1) is 11.3 Å². The van der Waals surface area contributed by atoms with E-state index < -0.39 is 0 Å². The van der Waals surface area contributed by atoms with Crippen LogP contribution in [0.2, 0.25) is 0 Å². The lowest BCUT2D eigenvalue weighted by molar-refractivity contribution is 0.0226. The first-order valence-electron chi connectivity index (χ1n) is 4.90. The van der Waals surface area contributed by atoms with E-state index in [4.69, 9.17) is 4.74 Å². The summed E-state index contributed by atoms with van der Waals surface area (Å²) in [5.74, 6) is 0. The molecule has 0 saturated carbocycles. The average molecular weight is 276 g/mol. The molecule has 78 valence electrons. The lowest BCUT2D eigenvalue weighted by Crippen LogP contribution is -2.32. The van der Waals surface area contributed by atoms with Gasteiger partial charge in [-0.25, -0.2) is 0 Å². The van der Waals surface area contributed by atoms with E-state index in [9.17, 15) is 0 Å². The van der Waals surface area contributed by atoms with Crippen LogP contribution in [0.15, 0.2) is 15.9 Å². The predicted octanol–water partition coefficient (Wildman–Crippen LogP) is 2.78. The average Bonchev–Trinajstić information content (AvgIpc) is 2.63. The summed E-state index contributed by atoms with van der Waals surface area (Å²) in [6, 6.07) is 2.13. The molecule has 1 fully saturated rings. The summed E-state index contributed by atoms with van der Waals surface area (Å²) in [5, 5.41) is 5.43. The van der Waals surface area contributed by atoms with Gasteiger partial charge in [-0.2, -0.15) is 0 Å². The van der Waals surface area contributed by atoms with Gasteiger partial charge in [-0.1, -0.05) is 0 Å². The van der Waals surface area contributed by atoms with E-state index in [0.717, 1.165) is 37.0 Å². The fraction of sp³-hybridized carbons (Fsp3) is 0.600. The number of halogens is 1. The molecule has 1 aliphatic rings. The van der Waals surface area contributed by atoms with Crippen LogP contribution in [0.5, 0.6) is 0 Å². The maximum absolute atomic E-state index is 5.83. The summed E-state index contributed by atoms with van der Waals surface area (Å²) < 4.78 is 6.99. The molecular formula is C10H14BrNOS. The van der Waals surface area contributed by atoms with Gasteiger partial charge in [-0.05, 0) is 47.9 Å². The maximum atomic E-state index is 5.83. The number of hydrogen-bond acceptors (Lipinski definition) is 3. The molecule has 1 aromatic rings. The molecule has 0 unspecified atom stereocenters. The molecule has 2 heterocycles. The Bertz CT molecular complexity index is 283. The number of hydrogen-bond donors (Lipinski definition) is 1. The van der Waals surface area contributed by atoms with Gasteiger partial charge in [0.15, 0.2) is 0 Å². The van der Waals surface area contributed by atoms with Crippen molar-refractivity contribution in [1.29, 1.82) is 0 Å². The molecular weight excluding hydrogens is 262 g/mol. The van der Waals surface area contributed by atoms with E-state index in [0.29, 0.717) is 6.10 Å². The SMILES string of the molecule is Brc1csc(COC2CCNCC2)c1. The van der Waals surface area contributed by atoms with Crippen molar-refractivity contribution in [1.82, 2.24) is 5.32 Å². The lowest BCUT2D eigenvalue weighted by Gasteiger charge is -2.22. The predicted molar refractivity (Wildman–Crippen MR) is 62.7 cm³/mol. The molecule has 0 aliphatic carbocycles. The minimum absolute atomic E-state index is 0.456. The van der Waals surface area contributed by atoms with E-state index >= 15 is 0 Å². The molecule has 1 N–H and O–H groups in total. The Morgan fingerprint density at radius 3 is 2.93 bits per heavy atom. The van der Waals surface area contributed by atoms with Crippen molar-refractivity contribution >= 4 is 27.3 Å². The standard InChI is InChI=1S/C10H14BrNOS/c11-8-5-10(14-7-8)6-13-9-1-3-12-4-2-9/h5,7,9,12H,1-4,6H2. The van der Waals surface area contributed by atoms with Crippen molar-refractivity contribution in [2.75, 3.05) is 13.1 Å². The highest BCUT2D eigenvalue weighted by atomic mass is 79.9. The van der Waals surface area contributed by atoms with E-state index in [2.05, 4.69) is 32.7 Å². The van der Waals surface area contributed by atoms with E-state index in [1.54, 1.807) is 11.3 Å². The van der Waals surface area contributed by atoms with Gasteiger partial charge in [0.2, 0.25) is 0 Å². The van der Waals surface area contributed by atoms with Crippen LogP contribution in [-0.4, -0.2) is 19.2 Å². The highest BCUT2D eigenvalue weighted by Crippen LogP contribution is 2.21. The number of ether oxygens (including phenoxy) is 1. The first-order valence-corrected chi connectivity index (χ1v) is 6.57. The molecule has 1 saturated heterocycles. The quantitative estimate of drug-likeness (QED) is 0.916. The summed E-state index contributed by atoms with van der Waals surface area (Å²) >= 11 is 5.19. The van der Waals surface area contributed by atoms with Crippen LogP contribution >= 0.6 is 27.3 Å². The van der Waals surface area contributed by atoms with E-state index in [1.807, 2.05) is 0 Å². The largest absolute Gasteiger partial charge is 0.373 e. The van der Waals surface area contributed by atoms with Crippen LogP contribution in [0, 0.1) is 0 Å². The molecule has 0 spiro atoms. The minimum atomic E-state index is 0.456. The molecule has 2 rings (SSSR count). The third-order valence-electron chi connectivity index (χ3n) is 2.37. The van der Waals surface area contributed by atoms with Crippen molar-refractivity contribution < 1.29 is 4.74 Å². The molecule has 0 radical (unpaired) electrons. The third-order valence-corrected chi connectivity index (χ3v) is 4.04. The fourth-order valence-corrected chi connectivity index (χ4v) is 2.96. The monoisotopic (exact) mass is 275 g/mol. The summed E-state index contributed by atoms with van der Waals surface area (Å²) in [5.41, 5.74) is 0. The van der Waals surface area contributed by atoms with Crippen molar-refractivity contribution in [2.24, 2.45) is 0 Å². The van der Waals surface area contributed by atoms with Crippen LogP contribution in [0.1, 0.15) is 17.7 Å². The van der Waals surface area contributed by atoms with Crippen LogP contribution < -0.4 is 5.32 Å². The van der Waals surface area contributed by atoms with Gasteiger partial charge in [0.05, 0.1) is 12.7 Å². The second-order valence-electron chi connectivity index (χ2n) is 3.49. The molecule has 1 aromatic heterocycles. The molecule has 1 aliphatic heterocycles. The zero-order chi connectivity index (χ0) is 9.80. The Morgan fingerprint density at radius 1 is 1.50 bits per heavy atom. The Morgan fingerprint density at radius 2 is 2.29 bits per heavy atom. The van der Waals surface area contributed by atoms with Crippen LogP contribution in [0.3, 0.4) is 0 Å². The van der Waals surface area contributed by atoms with Crippen molar-refractivity contribution in [2.45, 2.75) is 25.6 Å². The number of piperidine rings is 1. The number of thiophene rings is 1. The Balaban J connectivity index is 1.76. The summed E-state index contributed by atoms with van der Waals surface area (Å²) in [6.07, 6.45) is 2.75. The van der Waals surface area contributed by atoms with Crippen LogP contribution in [0.4, 0.5) is 0 Å². The van der Waals surface area contributed by atoms with Gasteiger partial charge in [-0.3, -0.25) is 0 Å². The second kappa shape index (κ2) is 5.26. The molecule has 0 aromatic carbocycles. The zero-order valence-electron chi connectivity index (χ0n) is 7.96. The number of nitrogens with one attached hydrogen (secondary N) is 1. The normalized spacial score (nSPS) is 18.6. The van der Waals surface area contributed by atoms with Crippen molar-refractivity contribution in [3.8, 4) is 0 Å². The molecule has 2 nitrogen and oxygen atoms in total. The Hall–Kier alpha value is 0.1000. The minimum Gasteiger partial charge on any atom is -0.373 e. The summed E-state index contributed by atoms with van der Waals surface area (Å²) in [7, 11) is 0. The molecule has 0 atom stereocenters. The molecule has 4 heteroatoms. The Labute approximate surface area is 96.8 Å². The fourth-order valence-electron chi connectivity index (χ4n) is 1.59. The van der Waals surface area contributed by atoms with E-state index in [1.165, 1.54) is 4.88 Å². The first-order chi connectivity index (χ1) is 6.84. The second-order valence-corrected chi connectivity index (χ2v) is 5.40. The van der Waals surface area contributed by atoms with Gasteiger partial charge < -0.3 is 10.1 Å². The van der Waals surface area contributed by atoms with Gasteiger partial charge in [0.25, 0.3) is 0 Å². The highest BCUT2D eigenvalue weighted by molar-refractivity contribution is 9.10. The highest BCUT2D eigenvalue weighted by Gasteiger charge is 2.13. The van der Waals surface area contributed by atoms with Gasteiger partial charge >= 0.3 is 0 Å². The Kier molecular flexibility index (Phi) is 3.99. The maximum Gasteiger partial charge on any atom is 0.0813 e. The van der Waals surface area contributed by atoms with Gasteiger partial charge in [0, 0.05) is 14.7 Å². The topological polar surface area (TPSA) is 21.3 Å². The van der Waals surface area contributed by atoms with Gasteiger partial charge in [0.1, 0.15) is 0 Å². The van der Waals surface area contributed by atoms with Crippen LogP contribution in [-0.2, 0) is 11.3 Å². The molecule has 0 amide bonds. The smallest absolute Gasteiger partial charge is 0.0813 e. The molecule has 0 bridgehead atoms. The number of rotatable bonds is 3.